The van der Waals surface area contributed by atoms with Crippen LogP contribution in [-0.4, -0.2) is 6.10 Å². The molecule has 0 unspecified atom stereocenters. The second-order valence-electron chi connectivity index (χ2n) is 1.53. The fourth-order valence-electron chi connectivity index (χ4n) is 0.415. The lowest BCUT2D eigenvalue weighted by Gasteiger charge is -2.01. The molecule has 0 aromatic heterocycles. The lowest BCUT2D eigenvalue weighted by atomic mass is 10.2. The summed E-state index contributed by atoms with van der Waals surface area (Å²) in [6.45, 7) is 3.79. The van der Waals surface area contributed by atoms with Crippen molar-refractivity contribution in [2.24, 2.45) is 0 Å². The molecule has 0 bridgehead atoms. The number of rotatable bonds is 3. The zero-order valence-corrected chi connectivity index (χ0v) is 4.78. The van der Waals surface area contributed by atoms with Crippen LogP contribution in [0, 0.1) is 0 Å². The van der Waals surface area contributed by atoms with E-state index in [1.165, 1.54) is 0 Å². The second-order valence-corrected chi connectivity index (χ2v) is 1.53. The molecule has 0 aliphatic heterocycles. The van der Waals surface area contributed by atoms with Gasteiger partial charge in [0.25, 0.3) is 0 Å². The van der Waals surface area contributed by atoms with Gasteiger partial charge in [-0.3, -0.25) is 0 Å². The Kier molecular flexibility index (Phi) is 4.00. The minimum absolute atomic E-state index is 0.181. The van der Waals surface area contributed by atoms with Gasteiger partial charge in [-0.05, 0) is 17.4 Å². The van der Waals surface area contributed by atoms with E-state index in [1.54, 1.807) is 0 Å². The van der Waals surface area contributed by atoms with Crippen LogP contribution in [0.1, 0.15) is 26.7 Å². The first-order valence-corrected chi connectivity index (χ1v) is 2.62. The van der Waals surface area contributed by atoms with E-state index in [0.717, 1.165) is 12.8 Å². The van der Waals surface area contributed by atoms with Crippen molar-refractivity contribution in [3.05, 3.63) is 0 Å². The van der Waals surface area contributed by atoms with E-state index in [4.69, 9.17) is 0 Å². The van der Waals surface area contributed by atoms with E-state index in [-0.39, 0.29) is 6.10 Å². The summed E-state index contributed by atoms with van der Waals surface area (Å²) in [5.74, 6) is 0. The first kappa shape index (κ1) is 6.89. The van der Waals surface area contributed by atoms with Gasteiger partial charge >= 0.3 is 0 Å². The van der Waals surface area contributed by atoms with E-state index in [0.29, 0.717) is 0 Å². The van der Waals surface area contributed by atoms with Crippen LogP contribution in [0.5, 0.6) is 0 Å². The Hall–Kier alpha value is -0.110. The van der Waals surface area contributed by atoms with Crippen LogP contribution in [0.25, 0.3) is 0 Å². The molecule has 0 aromatic carbocycles. The third-order valence-electron chi connectivity index (χ3n) is 1.04. The smallest absolute Gasteiger partial charge is 0.0978 e. The van der Waals surface area contributed by atoms with Gasteiger partial charge in [0.15, 0.2) is 0 Å². The maximum Gasteiger partial charge on any atom is 0.0978 e. The number of halogens is 1. The summed E-state index contributed by atoms with van der Waals surface area (Å²) in [6, 6.07) is 0. The van der Waals surface area contributed by atoms with Crippen molar-refractivity contribution in [3.8, 4) is 0 Å². The third kappa shape index (κ3) is 2.57. The molecule has 44 valence electrons. The Morgan fingerprint density at radius 3 is 1.86 bits per heavy atom. The molecular weight excluding hydrogens is 95.1 g/mol. The minimum Gasteiger partial charge on any atom is -0.191 e. The SMILES string of the molecule is CCC(CC)OF. The highest BCUT2D eigenvalue weighted by Gasteiger charge is 2.00. The van der Waals surface area contributed by atoms with Crippen LogP contribution in [0.4, 0.5) is 4.53 Å². The summed E-state index contributed by atoms with van der Waals surface area (Å²) >= 11 is 0. The van der Waals surface area contributed by atoms with Crippen LogP contribution in [-0.2, 0) is 4.94 Å². The Morgan fingerprint density at radius 1 is 1.43 bits per heavy atom. The average molecular weight is 106 g/mol. The third-order valence-corrected chi connectivity index (χ3v) is 1.04. The van der Waals surface area contributed by atoms with Gasteiger partial charge < -0.3 is 0 Å². The highest BCUT2D eigenvalue weighted by atomic mass is 19.3. The van der Waals surface area contributed by atoms with Gasteiger partial charge in [0.05, 0.1) is 6.10 Å². The van der Waals surface area contributed by atoms with Gasteiger partial charge in [-0.2, -0.15) is 4.94 Å². The van der Waals surface area contributed by atoms with Crippen molar-refractivity contribution in [2.45, 2.75) is 32.8 Å². The van der Waals surface area contributed by atoms with Crippen molar-refractivity contribution < 1.29 is 9.47 Å². The van der Waals surface area contributed by atoms with E-state index in [1.807, 2.05) is 13.8 Å². The zero-order valence-electron chi connectivity index (χ0n) is 4.78. The van der Waals surface area contributed by atoms with Crippen molar-refractivity contribution >= 4 is 0 Å². The summed E-state index contributed by atoms with van der Waals surface area (Å²) in [5.41, 5.74) is 0. The molecule has 0 radical (unpaired) electrons. The van der Waals surface area contributed by atoms with Gasteiger partial charge in [0.1, 0.15) is 0 Å². The quantitative estimate of drug-likeness (QED) is 0.535. The van der Waals surface area contributed by atoms with E-state index < -0.39 is 0 Å². The van der Waals surface area contributed by atoms with Gasteiger partial charge in [0, 0.05) is 0 Å². The van der Waals surface area contributed by atoms with Crippen LogP contribution in [0.2, 0.25) is 0 Å². The van der Waals surface area contributed by atoms with Crippen LogP contribution < -0.4 is 0 Å². The summed E-state index contributed by atoms with van der Waals surface area (Å²) < 4.78 is 11.2. The predicted molar refractivity (Wildman–Crippen MR) is 26.6 cm³/mol. The van der Waals surface area contributed by atoms with Crippen molar-refractivity contribution in [3.63, 3.8) is 0 Å². The summed E-state index contributed by atoms with van der Waals surface area (Å²) in [7, 11) is 0. The molecule has 0 N–H and O–H groups in total. The fourth-order valence-corrected chi connectivity index (χ4v) is 0.415. The predicted octanol–water partition coefficient (Wildman–Crippen LogP) is 2.08. The van der Waals surface area contributed by atoms with Crippen LogP contribution >= 0.6 is 0 Å². The van der Waals surface area contributed by atoms with Crippen LogP contribution in [0.3, 0.4) is 0 Å². The van der Waals surface area contributed by atoms with Crippen molar-refractivity contribution in [2.75, 3.05) is 0 Å². The Labute approximate surface area is 43.4 Å². The molecule has 0 saturated heterocycles. The lowest BCUT2D eigenvalue weighted by molar-refractivity contribution is -0.180. The zero-order chi connectivity index (χ0) is 5.70. The molecule has 0 fully saturated rings. The van der Waals surface area contributed by atoms with Crippen molar-refractivity contribution in [1.82, 2.24) is 0 Å². The van der Waals surface area contributed by atoms with Crippen molar-refractivity contribution in [1.29, 1.82) is 0 Å². The van der Waals surface area contributed by atoms with E-state index in [2.05, 4.69) is 4.94 Å². The minimum atomic E-state index is -0.181. The van der Waals surface area contributed by atoms with Gasteiger partial charge in [-0.1, -0.05) is 13.8 Å². The molecule has 0 aromatic rings. The fraction of sp³-hybridized carbons (Fsp3) is 1.00. The molecule has 0 aliphatic rings. The molecule has 7 heavy (non-hydrogen) atoms. The first-order valence-electron chi connectivity index (χ1n) is 2.62. The maximum atomic E-state index is 11.2. The second kappa shape index (κ2) is 4.06. The first-order chi connectivity index (χ1) is 3.35. The highest BCUT2D eigenvalue weighted by molar-refractivity contribution is 4.45. The van der Waals surface area contributed by atoms with Gasteiger partial charge in [-0.15, -0.1) is 0 Å². The molecule has 2 heteroatoms. The largest absolute Gasteiger partial charge is 0.191 e. The Balaban J connectivity index is 2.99. The molecule has 1 nitrogen and oxygen atoms in total. The average Bonchev–Trinajstić information content (AvgIpc) is 1.72. The van der Waals surface area contributed by atoms with Gasteiger partial charge in [-0.25, -0.2) is 0 Å². The molecule has 0 aliphatic carbocycles. The molecule has 0 heterocycles. The highest BCUT2D eigenvalue weighted by Crippen LogP contribution is 2.01. The lowest BCUT2D eigenvalue weighted by Crippen LogP contribution is -2.02. The number of hydrogen-bond acceptors (Lipinski definition) is 1. The summed E-state index contributed by atoms with van der Waals surface area (Å²) in [5, 5.41) is 0. The molecule has 0 spiro atoms. The Bertz CT molecular complexity index is 29.6. The standard InChI is InChI=1S/C5H11FO/c1-3-5(4-2)7-6/h5H,3-4H2,1-2H3. The summed E-state index contributed by atoms with van der Waals surface area (Å²) in [6.07, 6.45) is 1.33. The monoisotopic (exact) mass is 106 g/mol. The molecule has 0 amide bonds. The Morgan fingerprint density at radius 2 is 1.86 bits per heavy atom. The maximum absolute atomic E-state index is 11.2. The summed E-state index contributed by atoms with van der Waals surface area (Å²) in [4.78, 5) is 3.55. The molecule has 0 rings (SSSR count). The number of hydrogen-bond donors (Lipinski definition) is 0. The molecule has 0 saturated carbocycles. The molecular formula is C5H11FO. The van der Waals surface area contributed by atoms with E-state index >= 15 is 0 Å². The molecule has 0 atom stereocenters. The van der Waals surface area contributed by atoms with E-state index in [9.17, 15) is 4.53 Å². The normalized spacial score (nSPS) is 10.3. The van der Waals surface area contributed by atoms with Gasteiger partial charge in [0.2, 0.25) is 0 Å². The van der Waals surface area contributed by atoms with Crippen LogP contribution in [0.15, 0.2) is 0 Å². The topological polar surface area (TPSA) is 9.23 Å².